The van der Waals surface area contributed by atoms with Gasteiger partial charge in [0.05, 0.1) is 6.61 Å². The average molecular weight is 458 g/mol. The van der Waals surface area contributed by atoms with Crippen molar-refractivity contribution >= 4 is 55.7 Å². The van der Waals surface area contributed by atoms with Gasteiger partial charge in [-0.25, -0.2) is 9.97 Å². The van der Waals surface area contributed by atoms with Crippen LogP contribution < -0.4 is 10.6 Å². The lowest BCUT2D eigenvalue weighted by molar-refractivity contribution is 0.210. The van der Waals surface area contributed by atoms with Crippen molar-refractivity contribution in [2.75, 3.05) is 37.4 Å². The maximum absolute atomic E-state index is 5.17. The highest BCUT2D eigenvalue weighted by molar-refractivity contribution is 7.98. The minimum absolute atomic E-state index is 0.614. The van der Waals surface area contributed by atoms with Crippen LogP contribution in [0.1, 0.15) is 10.4 Å². The van der Waals surface area contributed by atoms with Gasteiger partial charge in [-0.15, -0.1) is 11.3 Å². The maximum Gasteiger partial charge on any atom is 0.191 e. The standard InChI is InChI=1S/C21H23N5OS3/c1-27-12-11-22-18-17-19(25-20(30-17)23-10-9-16-8-5-13-28-16)26-21(24-18)29-14-15-6-3-2-4-7-15/h2-8,13H,9-12,14H2,1H3,(H2,22,23,24,25,26). The molecule has 2 N–H and O–H groups in total. The van der Waals surface area contributed by atoms with Crippen molar-refractivity contribution in [2.24, 2.45) is 0 Å². The lowest BCUT2D eigenvalue weighted by Crippen LogP contribution is -2.09. The number of nitrogens with zero attached hydrogens (tertiary/aromatic N) is 3. The molecule has 0 amide bonds. The third-order valence-corrected chi connectivity index (χ3v) is 7.13. The molecule has 0 unspecified atom stereocenters. The molecule has 30 heavy (non-hydrogen) atoms. The Kier molecular flexibility index (Phi) is 7.52. The van der Waals surface area contributed by atoms with Crippen molar-refractivity contribution in [3.8, 4) is 0 Å². The van der Waals surface area contributed by atoms with Crippen LogP contribution in [-0.4, -0.2) is 41.8 Å². The Morgan fingerprint density at radius 2 is 1.90 bits per heavy atom. The molecule has 156 valence electrons. The smallest absolute Gasteiger partial charge is 0.191 e. The van der Waals surface area contributed by atoms with Crippen LogP contribution in [0.3, 0.4) is 0 Å². The van der Waals surface area contributed by atoms with E-state index >= 15 is 0 Å². The van der Waals surface area contributed by atoms with Crippen LogP contribution in [0.5, 0.6) is 0 Å². The fourth-order valence-corrected chi connectivity index (χ4v) is 5.21. The van der Waals surface area contributed by atoms with Gasteiger partial charge in [-0.1, -0.05) is 59.5 Å². The van der Waals surface area contributed by atoms with Crippen LogP contribution in [0.2, 0.25) is 0 Å². The molecule has 9 heteroatoms. The van der Waals surface area contributed by atoms with Crippen molar-refractivity contribution in [1.82, 2.24) is 15.0 Å². The molecule has 0 bridgehead atoms. The van der Waals surface area contributed by atoms with E-state index in [-0.39, 0.29) is 0 Å². The first kappa shape index (κ1) is 21.0. The molecule has 4 aromatic rings. The summed E-state index contributed by atoms with van der Waals surface area (Å²) < 4.78 is 6.14. The van der Waals surface area contributed by atoms with E-state index in [1.807, 2.05) is 18.2 Å². The molecule has 0 saturated carbocycles. The summed E-state index contributed by atoms with van der Waals surface area (Å²) in [5, 5.41) is 10.5. The molecule has 0 spiro atoms. The third-order valence-electron chi connectivity index (χ3n) is 4.27. The Morgan fingerprint density at radius 1 is 1.00 bits per heavy atom. The third kappa shape index (κ3) is 5.69. The van der Waals surface area contributed by atoms with Crippen LogP contribution >= 0.6 is 34.4 Å². The second-order valence-corrected chi connectivity index (χ2v) is 9.45. The lowest BCUT2D eigenvalue weighted by Gasteiger charge is -2.07. The van der Waals surface area contributed by atoms with Gasteiger partial charge in [0.1, 0.15) is 4.70 Å². The monoisotopic (exact) mass is 457 g/mol. The molecular formula is C21H23N5OS3. The van der Waals surface area contributed by atoms with Crippen molar-refractivity contribution in [2.45, 2.75) is 17.3 Å². The zero-order valence-electron chi connectivity index (χ0n) is 16.6. The minimum Gasteiger partial charge on any atom is -0.383 e. The lowest BCUT2D eigenvalue weighted by atomic mass is 10.2. The summed E-state index contributed by atoms with van der Waals surface area (Å²) >= 11 is 4.98. The summed E-state index contributed by atoms with van der Waals surface area (Å²) in [6, 6.07) is 14.6. The van der Waals surface area contributed by atoms with E-state index in [2.05, 4.69) is 40.3 Å². The molecule has 0 fully saturated rings. The first-order chi connectivity index (χ1) is 14.8. The number of benzene rings is 1. The quantitative estimate of drug-likeness (QED) is 0.183. The van der Waals surface area contributed by atoms with Gasteiger partial charge in [0.25, 0.3) is 0 Å². The molecule has 0 aliphatic carbocycles. The van der Waals surface area contributed by atoms with Crippen molar-refractivity contribution < 1.29 is 4.74 Å². The van der Waals surface area contributed by atoms with Crippen molar-refractivity contribution in [1.29, 1.82) is 0 Å². The number of nitrogens with one attached hydrogen (secondary N) is 2. The number of rotatable bonds is 11. The van der Waals surface area contributed by atoms with Gasteiger partial charge in [-0.3, -0.25) is 0 Å². The van der Waals surface area contributed by atoms with Crippen LogP contribution in [0.4, 0.5) is 10.9 Å². The van der Waals surface area contributed by atoms with Gasteiger partial charge in [0.2, 0.25) is 0 Å². The maximum atomic E-state index is 5.17. The molecule has 0 radical (unpaired) electrons. The number of methoxy groups -OCH3 is 1. The highest BCUT2D eigenvalue weighted by Gasteiger charge is 2.14. The zero-order valence-corrected chi connectivity index (χ0v) is 19.1. The summed E-state index contributed by atoms with van der Waals surface area (Å²) in [6.07, 6.45) is 0.983. The van der Waals surface area contributed by atoms with E-state index in [0.29, 0.717) is 13.2 Å². The van der Waals surface area contributed by atoms with Gasteiger partial charge < -0.3 is 15.4 Å². The molecule has 0 aliphatic rings. The molecule has 0 saturated heterocycles. The topological polar surface area (TPSA) is 72.0 Å². The number of ether oxygens (including phenoxy) is 1. The van der Waals surface area contributed by atoms with Crippen LogP contribution in [0.15, 0.2) is 53.0 Å². The summed E-state index contributed by atoms with van der Waals surface area (Å²) in [7, 11) is 1.70. The highest BCUT2D eigenvalue weighted by atomic mass is 32.2. The number of fused-ring (bicyclic) bond motifs is 1. The number of thiazole rings is 1. The molecule has 0 atom stereocenters. The summed E-state index contributed by atoms with van der Waals surface area (Å²) in [6.45, 7) is 2.14. The Bertz CT molecular complexity index is 1050. The van der Waals surface area contributed by atoms with E-state index < -0.39 is 0 Å². The number of thioether (sulfide) groups is 1. The van der Waals surface area contributed by atoms with Gasteiger partial charge in [-0.2, -0.15) is 4.98 Å². The van der Waals surface area contributed by atoms with Gasteiger partial charge in [-0.05, 0) is 23.4 Å². The Morgan fingerprint density at radius 3 is 2.70 bits per heavy atom. The molecular weight excluding hydrogens is 434 g/mol. The fourth-order valence-electron chi connectivity index (χ4n) is 2.81. The average Bonchev–Trinajstić information content (AvgIpc) is 3.43. The largest absolute Gasteiger partial charge is 0.383 e. The van der Waals surface area contributed by atoms with E-state index in [0.717, 1.165) is 45.2 Å². The predicted octanol–water partition coefficient (Wildman–Crippen LogP) is 5.15. The second kappa shape index (κ2) is 10.7. The van der Waals surface area contributed by atoms with Crippen LogP contribution in [0.25, 0.3) is 10.3 Å². The SMILES string of the molecule is COCCNc1nc(SCc2ccccc2)nc2nc(NCCc3cccs3)sc12. The first-order valence-corrected chi connectivity index (χ1v) is 12.3. The van der Waals surface area contributed by atoms with Crippen LogP contribution in [-0.2, 0) is 16.9 Å². The Hall–Kier alpha value is -2.20. The number of hydrogen-bond acceptors (Lipinski definition) is 9. The van der Waals surface area contributed by atoms with E-state index in [1.165, 1.54) is 10.4 Å². The van der Waals surface area contributed by atoms with E-state index in [4.69, 9.17) is 19.7 Å². The van der Waals surface area contributed by atoms with Gasteiger partial charge in [0.15, 0.2) is 21.8 Å². The number of thiophene rings is 1. The zero-order chi connectivity index (χ0) is 20.6. The molecule has 3 aromatic heterocycles. The minimum atomic E-state index is 0.614. The molecule has 4 rings (SSSR count). The number of anilines is 2. The summed E-state index contributed by atoms with van der Waals surface area (Å²) in [4.78, 5) is 15.5. The molecule has 1 aromatic carbocycles. The second-order valence-electron chi connectivity index (χ2n) is 6.48. The van der Waals surface area contributed by atoms with Gasteiger partial charge >= 0.3 is 0 Å². The number of aromatic nitrogens is 3. The summed E-state index contributed by atoms with van der Waals surface area (Å²) in [5.41, 5.74) is 1.97. The van der Waals surface area contributed by atoms with Crippen LogP contribution in [0, 0.1) is 0 Å². The van der Waals surface area contributed by atoms with E-state index in [9.17, 15) is 0 Å². The predicted molar refractivity (Wildman–Crippen MR) is 128 cm³/mol. The normalized spacial score (nSPS) is 11.1. The Labute approximate surface area is 188 Å². The van der Waals surface area contributed by atoms with Crippen molar-refractivity contribution in [3.63, 3.8) is 0 Å². The van der Waals surface area contributed by atoms with Gasteiger partial charge in [0, 0.05) is 30.8 Å². The molecule has 3 heterocycles. The molecule has 0 aliphatic heterocycles. The first-order valence-electron chi connectivity index (χ1n) is 9.66. The number of hydrogen-bond donors (Lipinski definition) is 2. The van der Waals surface area contributed by atoms with E-state index in [1.54, 1.807) is 41.5 Å². The molecule has 6 nitrogen and oxygen atoms in total. The van der Waals surface area contributed by atoms with Crippen molar-refractivity contribution in [3.05, 3.63) is 58.3 Å². The fraction of sp³-hybridized carbons (Fsp3) is 0.286. The summed E-state index contributed by atoms with van der Waals surface area (Å²) in [5.74, 6) is 1.64. The highest BCUT2D eigenvalue weighted by Crippen LogP contribution is 2.32. The Balaban J connectivity index is 1.50.